The fraction of sp³-hybridized carbons (Fsp3) is 0.531. The van der Waals surface area contributed by atoms with Crippen LogP contribution in [-0.4, -0.2) is 82.7 Å². The molecule has 0 bridgehead atoms. The molecule has 246 valence electrons. The number of esters is 2. The molecule has 0 amide bonds. The van der Waals surface area contributed by atoms with E-state index in [1.54, 1.807) is 31.2 Å². The predicted molar refractivity (Wildman–Crippen MR) is 164 cm³/mol. The third-order valence-electron chi connectivity index (χ3n) is 6.20. The summed E-state index contributed by atoms with van der Waals surface area (Å²) in [6, 6.07) is 8.86. The molecule has 1 rings (SSSR count). The van der Waals surface area contributed by atoms with Gasteiger partial charge in [-0.2, -0.15) is 0 Å². The van der Waals surface area contributed by atoms with Crippen LogP contribution in [0, 0.1) is 5.92 Å². The van der Waals surface area contributed by atoms with Gasteiger partial charge >= 0.3 is 29.8 Å². The first-order valence-corrected chi connectivity index (χ1v) is 14.6. The average molecular weight is 622 g/mol. The number of carboxylic acids is 3. The fourth-order valence-electron chi connectivity index (χ4n) is 3.82. The highest BCUT2D eigenvalue weighted by Crippen LogP contribution is 2.15. The minimum atomic E-state index is -1.28. The van der Waals surface area contributed by atoms with E-state index in [0.29, 0.717) is 24.3 Å². The maximum Gasteiger partial charge on any atom is 0.333 e. The summed E-state index contributed by atoms with van der Waals surface area (Å²) in [6.07, 6.45) is 6.71. The van der Waals surface area contributed by atoms with E-state index in [-0.39, 0.29) is 37.7 Å². The molecule has 12 heteroatoms. The van der Waals surface area contributed by atoms with Gasteiger partial charge in [-0.3, -0.25) is 14.4 Å². The highest BCUT2D eigenvalue weighted by atomic mass is 16.5. The number of carbonyl (C=O) groups is 5. The van der Waals surface area contributed by atoms with Gasteiger partial charge in [0.15, 0.2) is 5.92 Å². The summed E-state index contributed by atoms with van der Waals surface area (Å²) in [6.45, 7) is 10.1. The second kappa shape index (κ2) is 23.3. The molecule has 0 heterocycles. The lowest BCUT2D eigenvalue weighted by Crippen LogP contribution is -2.38. The van der Waals surface area contributed by atoms with Gasteiger partial charge in [-0.05, 0) is 38.8 Å². The minimum Gasteiger partial charge on any atom is -0.481 e. The van der Waals surface area contributed by atoms with Gasteiger partial charge in [0.25, 0.3) is 0 Å². The van der Waals surface area contributed by atoms with Crippen LogP contribution in [0.5, 0.6) is 0 Å². The number of hydrogen-bond acceptors (Lipinski definition) is 9. The molecule has 0 saturated heterocycles. The maximum atomic E-state index is 11.2. The first-order chi connectivity index (χ1) is 20.8. The van der Waals surface area contributed by atoms with Crippen molar-refractivity contribution in [2.24, 2.45) is 5.92 Å². The van der Waals surface area contributed by atoms with Crippen molar-refractivity contribution in [3.63, 3.8) is 0 Å². The lowest BCUT2D eigenvalue weighted by Gasteiger charge is -2.25. The smallest absolute Gasteiger partial charge is 0.333 e. The van der Waals surface area contributed by atoms with Crippen molar-refractivity contribution in [1.82, 2.24) is 0 Å². The van der Waals surface area contributed by atoms with Crippen LogP contribution in [0.2, 0.25) is 0 Å². The van der Waals surface area contributed by atoms with Gasteiger partial charge in [0.2, 0.25) is 0 Å². The fourth-order valence-corrected chi connectivity index (χ4v) is 3.82. The molecule has 1 unspecified atom stereocenters. The van der Waals surface area contributed by atoms with Crippen LogP contribution in [0.3, 0.4) is 0 Å². The Morgan fingerprint density at radius 2 is 1.23 bits per heavy atom. The third kappa shape index (κ3) is 19.8. The molecule has 0 aromatic heterocycles. The standard InChI is InChI=1S/C17H28O6.C15H19NO5/c1-13(2)17(22)23-12-10-8-6-4-3-5-7-9-11-14(15(18)19)16(20)21;1-11(2)15(20)21-10-13(17)8-16(9-14(18)19)12-6-4-3-5-7-12/h14H,1,3-12H2,2H3,(H,18,19)(H,20,21);3-7,13,17H,1,8-10H2,2H3,(H,18,19). The summed E-state index contributed by atoms with van der Waals surface area (Å²) in [5.74, 6) is -5.74. The van der Waals surface area contributed by atoms with Gasteiger partial charge < -0.3 is 34.8 Å². The number of aliphatic hydroxyl groups is 1. The molecule has 0 aliphatic heterocycles. The molecule has 0 aliphatic rings. The molecule has 12 nitrogen and oxygen atoms in total. The molecule has 44 heavy (non-hydrogen) atoms. The van der Waals surface area contributed by atoms with E-state index in [4.69, 9.17) is 24.8 Å². The van der Waals surface area contributed by atoms with Crippen molar-refractivity contribution in [1.29, 1.82) is 0 Å². The number of carbonyl (C=O) groups excluding carboxylic acids is 2. The van der Waals surface area contributed by atoms with Crippen molar-refractivity contribution in [2.45, 2.75) is 77.7 Å². The largest absolute Gasteiger partial charge is 0.481 e. The number of unbranched alkanes of at least 4 members (excludes halogenated alkanes) is 7. The Morgan fingerprint density at radius 1 is 0.750 bits per heavy atom. The monoisotopic (exact) mass is 621 g/mol. The van der Waals surface area contributed by atoms with E-state index < -0.39 is 35.9 Å². The molecule has 0 fully saturated rings. The molecule has 1 aromatic rings. The van der Waals surface area contributed by atoms with Gasteiger partial charge in [-0.15, -0.1) is 0 Å². The normalized spacial score (nSPS) is 11.0. The van der Waals surface area contributed by atoms with Gasteiger partial charge in [0, 0.05) is 23.4 Å². The zero-order valence-electron chi connectivity index (χ0n) is 25.7. The average Bonchev–Trinajstić information content (AvgIpc) is 2.96. The number of aliphatic carboxylic acids is 3. The second-order valence-corrected chi connectivity index (χ2v) is 10.4. The quantitative estimate of drug-likeness (QED) is 0.0617. The summed E-state index contributed by atoms with van der Waals surface area (Å²) in [7, 11) is 0. The Kier molecular flexibility index (Phi) is 21.1. The summed E-state index contributed by atoms with van der Waals surface area (Å²) in [4.78, 5) is 56.1. The predicted octanol–water partition coefficient (Wildman–Crippen LogP) is 4.46. The molecule has 0 aliphatic carbocycles. The van der Waals surface area contributed by atoms with Gasteiger partial charge in [-0.1, -0.05) is 76.3 Å². The zero-order chi connectivity index (χ0) is 33.5. The SMILES string of the molecule is C=C(C)C(=O)OCC(O)CN(CC(=O)O)c1ccccc1.C=C(C)C(=O)OCCCCCCCCCCC(C(=O)O)C(=O)O. The molecule has 1 aromatic carbocycles. The highest BCUT2D eigenvalue weighted by Gasteiger charge is 2.24. The van der Waals surface area contributed by atoms with Crippen molar-refractivity contribution in [2.75, 3.05) is 31.2 Å². The van der Waals surface area contributed by atoms with Gasteiger partial charge in [-0.25, -0.2) is 9.59 Å². The Labute approximate surface area is 259 Å². The zero-order valence-corrected chi connectivity index (χ0v) is 25.7. The number of para-hydroxylation sites is 1. The van der Waals surface area contributed by atoms with Crippen LogP contribution in [0.4, 0.5) is 5.69 Å². The van der Waals surface area contributed by atoms with E-state index in [1.165, 1.54) is 11.8 Å². The first-order valence-electron chi connectivity index (χ1n) is 14.6. The van der Waals surface area contributed by atoms with E-state index in [1.807, 2.05) is 6.07 Å². The summed E-state index contributed by atoms with van der Waals surface area (Å²) < 4.78 is 9.83. The number of benzene rings is 1. The molecule has 0 saturated carbocycles. The van der Waals surface area contributed by atoms with Crippen molar-refractivity contribution in [3.8, 4) is 0 Å². The van der Waals surface area contributed by atoms with Crippen LogP contribution in [0.25, 0.3) is 0 Å². The lowest BCUT2D eigenvalue weighted by molar-refractivity contribution is -0.155. The summed E-state index contributed by atoms with van der Waals surface area (Å²) in [5.41, 5.74) is 1.33. The van der Waals surface area contributed by atoms with Crippen LogP contribution in [-0.2, 0) is 33.4 Å². The third-order valence-corrected chi connectivity index (χ3v) is 6.20. The Bertz CT molecular complexity index is 1060. The molecule has 4 N–H and O–H groups in total. The number of ether oxygens (including phenoxy) is 2. The molecule has 0 radical (unpaired) electrons. The van der Waals surface area contributed by atoms with Gasteiger partial charge in [0.1, 0.15) is 19.3 Å². The highest BCUT2D eigenvalue weighted by molar-refractivity contribution is 5.92. The minimum absolute atomic E-state index is 0.0415. The van der Waals surface area contributed by atoms with Crippen LogP contribution in [0.15, 0.2) is 54.6 Å². The van der Waals surface area contributed by atoms with E-state index in [2.05, 4.69) is 13.2 Å². The first kappa shape index (κ1) is 39.8. The number of aliphatic hydroxyl groups excluding tert-OH is 1. The molecular weight excluding hydrogens is 574 g/mol. The maximum absolute atomic E-state index is 11.2. The summed E-state index contributed by atoms with van der Waals surface area (Å²) >= 11 is 0. The van der Waals surface area contributed by atoms with Gasteiger partial charge in [0.05, 0.1) is 6.61 Å². The number of rotatable bonds is 22. The Morgan fingerprint density at radius 3 is 1.70 bits per heavy atom. The van der Waals surface area contributed by atoms with Crippen LogP contribution < -0.4 is 4.90 Å². The van der Waals surface area contributed by atoms with Crippen LogP contribution in [0.1, 0.15) is 71.6 Å². The van der Waals surface area contributed by atoms with Crippen molar-refractivity contribution in [3.05, 3.63) is 54.6 Å². The van der Waals surface area contributed by atoms with E-state index in [0.717, 1.165) is 44.9 Å². The number of carboxylic acid groups (broad SMARTS) is 3. The number of hydrogen-bond donors (Lipinski definition) is 4. The topological polar surface area (TPSA) is 188 Å². The second-order valence-electron chi connectivity index (χ2n) is 10.4. The molecule has 0 spiro atoms. The van der Waals surface area contributed by atoms with E-state index in [9.17, 15) is 29.1 Å². The van der Waals surface area contributed by atoms with Crippen molar-refractivity contribution >= 4 is 35.5 Å². The Hall–Kier alpha value is -4.19. The van der Waals surface area contributed by atoms with E-state index >= 15 is 0 Å². The molecular formula is C32H47NO11. The lowest BCUT2D eigenvalue weighted by atomic mass is 10.0. The molecule has 1 atom stereocenters. The number of nitrogens with zero attached hydrogens (tertiary/aromatic N) is 1. The van der Waals surface area contributed by atoms with Crippen molar-refractivity contribution < 1.29 is 53.9 Å². The summed E-state index contributed by atoms with van der Waals surface area (Å²) in [5, 5.41) is 36.3. The van der Waals surface area contributed by atoms with Crippen LogP contribution >= 0.6 is 0 Å². The number of anilines is 1. The Balaban J connectivity index is 0.000000843.